The fourth-order valence-electron chi connectivity index (χ4n) is 3.64. The summed E-state index contributed by atoms with van der Waals surface area (Å²) in [4.78, 5) is 27.9. The van der Waals surface area contributed by atoms with Crippen molar-refractivity contribution in [1.82, 2.24) is 4.90 Å². The summed E-state index contributed by atoms with van der Waals surface area (Å²) in [5.41, 5.74) is 2.89. The van der Waals surface area contributed by atoms with Crippen molar-refractivity contribution >= 4 is 33.4 Å². The number of nitrogens with zero attached hydrogens (tertiary/aromatic N) is 1. The lowest BCUT2D eigenvalue weighted by molar-refractivity contribution is -0.117. The van der Waals surface area contributed by atoms with E-state index >= 15 is 0 Å². The molecule has 0 fully saturated rings. The molecule has 1 aliphatic heterocycles. The van der Waals surface area contributed by atoms with Crippen LogP contribution in [0.1, 0.15) is 27.5 Å². The van der Waals surface area contributed by atoms with Crippen LogP contribution in [0, 0.1) is 0 Å². The topological polar surface area (TPSA) is 58.6 Å². The van der Waals surface area contributed by atoms with Crippen LogP contribution >= 0.6 is 15.9 Å². The first-order valence-corrected chi connectivity index (χ1v) is 9.96. The third kappa shape index (κ3) is 3.76. The zero-order valence-electron chi connectivity index (χ0n) is 15.8. The molecule has 0 spiro atoms. The Morgan fingerprint density at radius 1 is 1.07 bits per heavy atom. The number of ether oxygens (including phenoxy) is 1. The van der Waals surface area contributed by atoms with E-state index in [9.17, 15) is 9.59 Å². The van der Waals surface area contributed by atoms with E-state index in [1.165, 1.54) is 7.11 Å². The molecule has 3 aromatic carbocycles. The standard InChI is InChI=1S/C23H19BrN2O3/c1-29-20-10-6-5-9-17(20)23(28)26-14-21(27)25-19-12-11-16(24)13-18(19)22(26)15-7-3-2-4-8-15/h2-13,22H,14H2,1H3,(H,25,27). The summed E-state index contributed by atoms with van der Waals surface area (Å²) in [6.07, 6.45) is 0. The number of benzene rings is 3. The Hall–Kier alpha value is -3.12. The predicted octanol–water partition coefficient (Wildman–Crippen LogP) is 4.64. The number of amides is 2. The summed E-state index contributed by atoms with van der Waals surface area (Å²) < 4.78 is 6.26. The SMILES string of the molecule is COc1ccccc1C(=O)N1CC(=O)Nc2ccc(Br)cc2C1c1ccccc1. The van der Waals surface area contributed by atoms with Gasteiger partial charge in [-0.3, -0.25) is 9.59 Å². The normalized spacial score (nSPS) is 15.9. The Balaban J connectivity index is 1.90. The molecule has 146 valence electrons. The van der Waals surface area contributed by atoms with Gasteiger partial charge in [-0.15, -0.1) is 0 Å². The highest BCUT2D eigenvalue weighted by Gasteiger charge is 2.34. The van der Waals surface area contributed by atoms with Crippen LogP contribution < -0.4 is 10.1 Å². The van der Waals surface area contributed by atoms with Gasteiger partial charge in [0.15, 0.2) is 0 Å². The monoisotopic (exact) mass is 450 g/mol. The van der Waals surface area contributed by atoms with Crippen LogP contribution in [0.3, 0.4) is 0 Å². The fraction of sp³-hybridized carbons (Fsp3) is 0.130. The van der Waals surface area contributed by atoms with Crippen molar-refractivity contribution in [3.63, 3.8) is 0 Å². The molecule has 2 amide bonds. The number of para-hydroxylation sites is 1. The molecule has 0 aromatic heterocycles. The summed E-state index contributed by atoms with van der Waals surface area (Å²) in [7, 11) is 1.53. The molecule has 0 saturated heterocycles. The van der Waals surface area contributed by atoms with Crippen molar-refractivity contribution in [3.05, 3.63) is 94.0 Å². The van der Waals surface area contributed by atoms with Crippen molar-refractivity contribution < 1.29 is 14.3 Å². The van der Waals surface area contributed by atoms with Gasteiger partial charge in [-0.1, -0.05) is 58.4 Å². The summed E-state index contributed by atoms with van der Waals surface area (Å²) in [6.45, 7) is -0.0667. The van der Waals surface area contributed by atoms with Crippen LogP contribution in [0.15, 0.2) is 77.3 Å². The summed E-state index contributed by atoms with van der Waals surface area (Å²) in [6, 6.07) is 22.0. The molecule has 1 heterocycles. The van der Waals surface area contributed by atoms with Gasteiger partial charge in [0.1, 0.15) is 12.3 Å². The van der Waals surface area contributed by atoms with Crippen molar-refractivity contribution in [2.45, 2.75) is 6.04 Å². The second-order valence-electron chi connectivity index (χ2n) is 6.73. The van der Waals surface area contributed by atoms with Gasteiger partial charge in [-0.2, -0.15) is 0 Å². The van der Waals surface area contributed by atoms with Gasteiger partial charge in [-0.05, 0) is 35.9 Å². The van der Waals surface area contributed by atoms with Crippen LogP contribution in [-0.4, -0.2) is 30.4 Å². The van der Waals surface area contributed by atoms with Gasteiger partial charge in [0, 0.05) is 15.7 Å². The minimum atomic E-state index is -0.430. The second kappa shape index (κ2) is 8.09. The number of halogens is 1. The van der Waals surface area contributed by atoms with Gasteiger partial charge in [-0.25, -0.2) is 0 Å². The molecule has 0 aliphatic carbocycles. The van der Waals surface area contributed by atoms with Crippen LogP contribution in [0.2, 0.25) is 0 Å². The van der Waals surface area contributed by atoms with Crippen molar-refractivity contribution in [3.8, 4) is 5.75 Å². The molecule has 1 N–H and O–H groups in total. The lowest BCUT2D eigenvalue weighted by Crippen LogP contribution is -2.39. The zero-order chi connectivity index (χ0) is 20.4. The average molecular weight is 451 g/mol. The molecule has 0 radical (unpaired) electrons. The molecule has 1 aliphatic rings. The van der Waals surface area contributed by atoms with Crippen molar-refractivity contribution in [1.29, 1.82) is 0 Å². The zero-order valence-corrected chi connectivity index (χ0v) is 17.3. The molecule has 4 rings (SSSR count). The van der Waals surface area contributed by atoms with Crippen molar-refractivity contribution in [2.75, 3.05) is 19.0 Å². The molecule has 1 unspecified atom stereocenters. The van der Waals surface area contributed by atoms with E-state index in [0.717, 1.165) is 15.6 Å². The fourth-order valence-corrected chi connectivity index (χ4v) is 4.02. The van der Waals surface area contributed by atoms with E-state index in [0.29, 0.717) is 17.0 Å². The molecular weight excluding hydrogens is 432 g/mol. The summed E-state index contributed by atoms with van der Waals surface area (Å²) in [5.74, 6) is -0.0297. The van der Waals surface area contributed by atoms with Crippen LogP contribution in [0.5, 0.6) is 5.75 Å². The van der Waals surface area contributed by atoms with Gasteiger partial charge in [0.2, 0.25) is 5.91 Å². The Morgan fingerprint density at radius 3 is 2.55 bits per heavy atom. The van der Waals surface area contributed by atoms with E-state index in [4.69, 9.17) is 4.74 Å². The first kappa shape index (κ1) is 19.2. The Bertz CT molecular complexity index is 1070. The summed E-state index contributed by atoms with van der Waals surface area (Å²) >= 11 is 3.52. The Kier molecular flexibility index (Phi) is 5.36. The quantitative estimate of drug-likeness (QED) is 0.631. The number of anilines is 1. The minimum absolute atomic E-state index is 0.0667. The predicted molar refractivity (Wildman–Crippen MR) is 115 cm³/mol. The number of hydrogen-bond donors (Lipinski definition) is 1. The Labute approximate surface area is 177 Å². The highest BCUT2D eigenvalue weighted by Crippen LogP contribution is 2.38. The molecule has 5 nitrogen and oxygen atoms in total. The third-order valence-corrected chi connectivity index (χ3v) is 5.41. The average Bonchev–Trinajstić information content (AvgIpc) is 2.89. The molecule has 0 saturated carbocycles. The number of fused-ring (bicyclic) bond motifs is 1. The van der Waals surface area contributed by atoms with E-state index in [2.05, 4.69) is 21.2 Å². The molecule has 29 heavy (non-hydrogen) atoms. The lowest BCUT2D eigenvalue weighted by Gasteiger charge is -2.31. The minimum Gasteiger partial charge on any atom is -0.496 e. The molecule has 6 heteroatoms. The number of carbonyl (C=O) groups excluding carboxylic acids is 2. The second-order valence-corrected chi connectivity index (χ2v) is 7.64. The molecule has 0 bridgehead atoms. The maximum absolute atomic E-state index is 13.6. The smallest absolute Gasteiger partial charge is 0.258 e. The molecule has 1 atom stereocenters. The summed E-state index contributed by atoms with van der Waals surface area (Å²) in [5, 5.41) is 2.93. The van der Waals surface area contributed by atoms with Gasteiger partial charge in [0.05, 0.1) is 18.7 Å². The first-order chi connectivity index (χ1) is 14.1. The number of rotatable bonds is 3. The maximum atomic E-state index is 13.6. The highest BCUT2D eigenvalue weighted by molar-refractivity contribution is 9.10. The van der Waals surface area contributed by atoms with Gasteiger partial charge in [0.25, 0.3) is 5.91 Å². The number of hydrogen-bond acceptors (Lipinski definition) is 3. The van der Waals surface area contributed by atoms with Gasteiger partial charge >= 0.3 is 0 Å². The van der Waals surface area contributed by atoms with Crippen LogP contribution in [-0.2, 0) is 4.79 Å². The number of carbonyl (C=O) groups is 2. The van der Waals surface area contributed by atoms with E-state index in [-0.39, 0.29) is 18.4 Å². The highest BCUT2D eigenvalue weighted by atomic mass is 79.9. The number of methoxy groups -OCH3 is 1. The van der Waals surface area contributed by atoms with Crippen molar-refractivity contribution in [2.24, 2.45) is 0 Å². The largest absolute Gasteiger partial charge is 0.496 e. The van der Waals surface area contributed by atoms with Gasteiger partial charge < -0.3 is 15.0 Å². The Morgan fingerprint density at radius 2 is 1.79 bits per heavy atom. The van der Waals surface area contributed by atoms with Crippen LogP contribution in [0.25, 0.3) is 0 Å². The molecule has 3 aromatic rings. The van der Waals surface area contributed by atoms with E-state index in [1.807, 2.05) is 54.6 Å². The van der Waals surface area contributed by atoms with E-state index in [1.54, 1.807) is 23.1 Å². The maximum Gasteiger partial charge on any atom is 0.258 e. The van der Waals surface area contributed by atoms with Crippen LogP contribution in [0.4, 0.5) is 5.69 Å². The lowest BCUT2D eigenvalue weighted by atomic mass is 9.95. The van der Waals surface area contributed by atoms with E-state index < -0.39 is 6.04 Å². The molecular formula is C23H19BrN2O3. The number of nitrogens with one attached hydrogen (secondary N) is 1. The third-order valence-electron chi connectivity index (χ3n) is 4.92. The first-order valence-electron chi connectivity index (χ1n) is 9.16.